The maximum atomic E-state index is 5.97. The summed E-state index contributed by atoms with van der Waals surface area (Å²) >= 11 is 0. The third-order valence-electron chi connectivity index (χ3n) is 4.28. The van der Waals surface area contributed by atoms with Crippen LogP contribution in [0.25, 0.3) is 0 Å². The Labute approximate surface area is 126 Å². The summed E-state index contributed by atoms with van der Waals surface area (Å²) in [5, 5.41) is 3.58. The minimum Gasteiger partial charge on any atom is -0.470 e. The molecule has 116 valence electrons. The van der Waals surface area contributed by atoms with E-state index in [1.807, 2.05) is 32.9 Å². The first-order valence-corrected chi connectivity index (χ1v) is 7.85. The number of ether oxygens (including phenoxy) is 1. The van der Waals surface area contributed by atoms with Gasteiger partial charge in [0.25, 0.3) is 0 Å². The summed E-state index contributed by atoms with van der Waals surface area (Å²) in [7, 11) is 0. The Bertz CT molecular complexity index is 503. The Morgan fingerprint density at radius 1 is 1.29 bits per heavy atom. The number of rotatable bonds is 3. The Morgan fingerprint density at radius 3 is 2.57 bits per heavy atom. The summed E-state index contributed by atoms with van der Waals surface area (Å²) in [5.74, 6) is 2.15. The fourth-order valence-corrected chi connectivity index (χ4v) is 3.22. The number of nitrogen functional groups attached to an aromatic ring is 1. The van der Waals surface area contributed by atoms with Crippen LogP contribution in [0.3, 0.4) is 0 Å². The highest BCUT2D eigenvalue weighted by atomic mass is 16.5. The smallest absolute Gasteiger partial charge is 0.239 e. The lowest BCUT2D eigenvalue weighted by Gasteiger charge is -2.45. The summed E-state index contributed by atoms with van der Waals surface area (Å²) in [6.07, 6.45) is 2.58. The van der Waals surface area contributed by atoms with Crippen molar-refractivity contribution in [3.05, 3.63) is 12.1 Å². The van der Waals surface area contributed by atoms with Crippen LogP contribution in [0.2, 0.25) is 0 Å². The number of nitrogens with two attached hydrogens (primary N) is 1. The van der Waals surface area contributed by atoms with Gasteiger partial charge in [-0.05, 0) is 64.8 Å². The number of anilines is 2. The molecule has 21 heavy (non-hydrogen) atoms. The summed E-state index contributed by atoms with van der Waals surface area (Å²) in [5.41, 5.74) is 6.26. The molecule has 0 aromatic carbocycles. The molecule has 1 atom stereocenters. The number of nitrogens with zero attached hydrogens (tertiary/aromatic N) is 2. The fraction of sp³-hybridized carbons (Fsp3) is 0.688. The van der Waals surface area contributed by atoms with Crippen LogP contribution in [0.5, 0.6) is 5.88 Å². The van der Waals surface area contributed by atoms with Crippen LogP contribution in [-0.4, -0.2) is 41.2 Å². The van der Waals surface area contributed by atoms with Crippen molar-refractivity contribution in [1.82, 2.24) is 9.88 Å². The zero-order valence-corrected chi connectivity index (χ0v) is 13.2. The zero-order valence-electron chi connectivity index (χ0n) is 13.2. The monoisotopic (exact) mass is 290 g/mol. The predicted molar refractivity (Wildman–Crippen MR) is 85.6 cm³/mol. The summed E-state index contributed by atoms with van der Waals surface area (Å²) in [4.78, 5) is 7.09. The van der Waals surface area contributed by atoms with Crippen molar-refractivity contribution in [2.75, 3.05) is 30.7 Å². The maximum Gasteiger partial charge on any atom is 0.239 e. The number of fused-ring (bicyclic) bond motifs is 3. The normalized spacial score (nSPS) is 28.4. The van der Waals surface area contributed by atoms with E-state index in [0.717, 1.165) is 18.3 Å². The van der Waals surface area contributed by atoms with Gasteiger partial charge in [-0.25, -0.2) is 0 Å². The number of hydrogen-bond donors (Lipinski definition) is 2. The van der Waals surface area contributed by atoms with Crippen LogP contribution in [0, 0.1) is 5.92 Å². The molecule has 3 saturated heterocycles. The Morgan fingerprint density at radius 2 is 2.00 bits per heavy atom. The third-order valence-corrected chi connectivity index (χ3v) is 4.28. The minimum absolute atomic E-state index is 0.296. The SMILES string of the molecule is CC(C)(C)Oc1nc(NC2CN3CCC2CC3)ccc1N. The van der Waals surface area contributed by atoms with Crippen molar-refractivity contribution in [3.63, 3.8) is 0 Å². The second-order valence-corrected chi connectivity index (χ2v) is 7.19. The third kappa shape index (κ3) is 3.40. The van der Waals surface area contributed by atoms with E-state index in [0.29, 0.717) is 17.6 Å². The highest BCUT2D eigenvalue weighted by molar-refractivity contribution is 5.54. The predicted octanol–water partition coefficient (Wildman–Crippen LogP) is 2.35. The highest BCUT2D eigenvalue weighted by Crippen LogP contribution is 2.31. The molecule has 3 N–H and O–H groups in total. The molecular formula is C16H26N4O. The molecule has 0 saturated carbocycles. The Hall–Kier alpha value is -1.49. The van der Waals surface area contributed by atoms with Crippen LogP contribution in [0.1, 0.15) is 33.6 Å². The molecule has 4 rings (SSSR count). The molecule has 0 radical (unpaired) electrons. The van der Waals surface area contributed by atoms with Crippen molar-refractivity contribution in [2.24, 2.45) is 5.92 Å². The van der Waals surface area contributed by atoms with E-state index < -0.39 is 0 Å². The minimum atomic E-state index is -0.296. The van der Waals surface area contributed by atoms with Gasteiger partial charge >= 0.3 is 0 Å². The number of hydrogen-bond acceptors (Lipinski definition) is 5. The van der Waals surface area contributed by atoms with Crippen LogP contribution < -0.4 is 15.8 Å². The van der Waals surface area contributed by atoms with E-state index in [-0.39, 0.29) is 5.60 Å². The Balaban J connectivity index is 1.72. The average Bonchev–Trinajstić information content (AvgIpc) is 2.42. The van der Waals surface area contributed by atoms with Gasteiger partial charge in [-0.1, -0.05) is 0 Å². The van der Waals surface area contributed by atoms with E-state index in [1.165, 1.54) is 25.9 Å². The van der Waals surface area contributed by atoms with Gasteiger partial charge in [0.2, 0.25) is 5.88 Å². The molecule has 3 fully saturated rings. The van der Waals surface area contributed by atoms with Crippen molar-refractivity contribution in [2.45, 2.75) is 45.3 Å². The number of nitrogens with one attached hydrogen (secondary N) is 1. The lowest BCUT2D eigenvalue weighted by Crippen LogP contribution is -2.53. The first-order chi connectivity index (χ1) is 9.90. The van der Waals surface area contributed by atoms with Gasteiger partial charge in [0.05, 0.1) is 5.69 Å². The quantitative estimate of drug-likeness (QED) is 0.894. The van der Waals surface area contributed by atoms with Gasteiger partial charge < -0.3 is 20.7 Å². The van der Waals surface area contributed by atoms with Gasteiger partial charge in [0.1, 0.15) is 11.4 Å². The molecule has 3 aliphatic rings. The molecule has 5 nitrogen and oxygen atoms in total. The van der Waals surface area contributed by atoms with E-state index in [1.54, 1.807) is 0 Å². The molecule has 0 spiro atoms. The first-order valence-electron chi connectivity index (χ1n) is 7.85. The topological polar surface area (TPSA) is 63.4 Å². The molecule has 4 heterocycles. The summed E-state index contributed by atoms with van der Waals surface area (Å²) in [6, 6.07) is 4.31. The van der Waals surface area contributed by atoms with Crippen LogP contribution in [-0.2, 0) is 0 Å². The number of pyridine rings is 1. The highest BCUT2D eigenvalue weighted by Gasteiger charge is 2.34. The van der Waals surface area contributed by atoms with Crippen LogP contribution in [0.4, 0.5) is 11.5 Å². The molecule has 1 aromatic heterocycles. The number of piperidine rings is 3. The molecule has 1 unspecified atom stereocenters. The lowest BCUT2D eigenvalue weighted by molar-refractivity contribution is 0.0971. The van der Waals surface area contributed by atoms with Crippen molar-refractivity contribution in [3.8, 4) is 5.88 Å². The van der Waals surface area contributed by atoms with E-state index >= 15 is 0 Å². The van der Waals surface area contributed by atoms with E-state index in [4.69, 9.17) is 10.5 Å². The lowest BCUT2D eigenvalue weighted by atomic mass is 9.84. The molecule has 5 heteroatoms. The van der Waals surface area contributed by atoms with Gasteiger partial charge in [-0.3, -0.25) is 0 Å². The summed E-state index contributed by atoms with van der Waals surface area (Å²) < 4.78 is 5.84. The second-order valence-electron chi connectivity index (χ2n) is 7.19. The maximum absolute atomic E-state index is 5.97. The molecule has 0 amide bonds. The first kappa shape index (κ1) is 14.4. The van der Waals surface area contributed by atoms with Crippen LogP contribution >= 0.6 is 0 Å². The molecule has 2 bridgehead atoms. The zero-order chi connectivity index (χ0) is 15.0. The summed E-state index contributed by atoms with van der Waals surface area (Å²) in [6.45, 7) is 9.61. The molecule has 1 aromatic rings. The van der Waals surface area contributed by atoms with E-state index in [2.05, 4.69) is 15.2 Å². The standard InChI is InChI=1S/C16H26N4O/c1-16(2,3)21-15-12(17)4-5-14(19-15)18-13-10-20-8-6-11(13)7-9-20/h4-5,11,13H,6-10,17H2,1-3H3,(H,18,19). The second kappa shape index (κ2) is 5.37. The molecule has 0 aliphatic carbocycles. The fourth-order valence-electron chi connectivity index (χ4n) is 3.22. The van der Waals surface area contributed by atoms with Crippen molar-refractivity contribution < 1.29 is 4.74 Å². The Kier molecular flexibility index (Phi) is 3.69. The van der Waals surface area contributed by atoms with Gasteiger partial charge in [-0.2, -0.15) is 4.98 Å². The van der Waals surface area contributed by atoms with E-state index in [9.17, 15) is 0 Å². The van der Waals surface area contributed by atoms with Gasteiger partial charge in [0.15, 0.2) is 0 Å². The average molecular weight is 290 g/mol. The number of aromatic nitrogens is 1. The van der Waals surface area contributed by atoms with Crippen LogP contribution in [0.15, 0.2) is 12.1 Å². The largest absolute Gasteiger partial charge is 0.470 e. The van der Waals surface area contributed by atoms with Crippen molar-refractivity contribution >= 4 is 11.5 Å². The van der Waals surface area contributed by atoms with Gasteiger partial charge in [-0.15, -0.1) is 0 Å². The van der Waals surface area contributed by atoms with Crippen molar-refractivity contribution in [1.29, 1.82) is 0 Å². The molecule has 3 aliphatic heterocycles. The van der Waals surface area contributed by atoms with Gasteiger partial charge in [0, 0.05) is 12.6 Å². The molecular weight excluding hydrogens is 264 g/mol.